The van der Waals surface area contributed by atoms with Gasteiger partial charge in [0.15, 0.2) is 5.82 Å². The van der Waals surface area contributed by atoms with Gasteiger partial charge in [-0.2, -0.15) is 0 Å². The summed E-state index contributed by atoms with van der Waals surface area (Å²) in [6, 6.07) is 6.68. The lowest BCUT2D eigenvalue weighted by molar-refractivity contribution is 0.251. The Morgan fingerprint density at radius 3 is 3.05 bits per heavy atom. The molecule has 2 rings (SSSR count). The maximum absolute atomic E-state index is 11.7. The third-order valence-corrected chi connectivity index (χ3v) is 2.59. The van der Waals surface area contributed by atoms with Crippen LogP contribution in [0.25, 0.3) is 0 Å². The average Bonchev–Trinajstić information content (AvgIpc) is 2.83. The van der Waals surface area contributed by atoms with Gasteiger partial charge in [-0.05, 0) is 25.1 Å². The third-order valence-electron chi connectivity index (χ3n) is 2.59. The van der Waals surface area contributed by atoms with Crippen molar-refractivity contribution in [2.45, 2.75) is 20.0 Å². The van der Waals surface area contributed by atoms with Crippen molar-refractivity contribution < 1.29 is 4.79 Å². The molecule has 0 saturated carbocycles. The van der Waals surface area contributed by atoms with Crippen molar-refractivity contribution in [3.63, 3.8) is 0 Å². The number of aryl methyl sites for hydroxylation is 1. The first kappa shape index (κ1) is 12.9. The average molecular weight is 260 g/mol. The summed E-state index contributed by atoms with van der Waals surface area (Å²) in [5.74, 6) is 0.713. The highest BCUT2D eigenvalue weighted by molar-refractivity contribution is 5.89. The van der Waals surface area contributed by atoms with Gasteiger partial charge in [0, 0.05) is 17.9 Å². The summed E-state index contributed by atoms with van der Waals surface area (Å²) in [6.07, 6.45) is 1.63. The van der Waals surface area contributed by atoms with Gasteiger partial charge >= 0.3 is 6.03 Å². The van der Waals surface area contributed by atoms with E-state index in [1.54, 1.807) is 30.6 Å². The van der Waals surface area contributed by atoms with Crippen molar-refractivity contribution in [3.05, 3.63) is 36.4 Å². The second-order valence-electron chi connectivity index (χ2n) is 3.97. The number of amides is 2. The molecule has 1 aromatic carbocycles. The topological polar surface area (TPSA) is 97.9 Å². The molecule has 0 aliphatic rings. The Morgan fingerprint density at radius 2 is 2.32 bits per heavy atom. The van der Waals surface area contributed by atoms with Gasteiger partial charge in [0.1, 0.15) is 6.33 Å². The predicted molar refractivity (Wildman–Crippen MR) is 72.4 cm³/mol. The van der Waals surface area contributed by atoms with E-state index in [2.05, 4.69) is 20.8 Å². The number of anilines is 2. The van der Waals surface area contributed by atoms with Crippen LogP contribution in [-0.4, -0.2) is 20.8 Å². The van der Waals surface area contributed by atoms with Crippen molar-refractivity contribution in [1.82, 2.24) is 20.1 Å². The maximum atomic E-state index is 11.7. The molecule has 7 heteroatoms. The summed E-state index contributed by atoms with van der Waals surface area (Å²) < 4.78 is 1.86. The van der Waals surface area contributed by atoms with Crippen molar-refractivity contribution in [1.29, 1.82) is 0 Å². The Bertz CT molecular complexity index is 565. The van der Waals surface area contributed by atoms with E-state index >= 15 is 0 Å². The van der Waals surface area contributed by atoms with Gasteiger partial charge in [-0.3, -0.25) is 0 Å². The van der Waals surface area contributed by atoms with Gasteiger partial charge < -0.3 is 20.9 Å². The fraction of sp³-hybridized carbons (Fsp3) is 0.250. The molecule has 0 aliphatic carbocycles. The van der Waals surface area contributed by atoms with Crippen molar-refractivity contribution in [2.75, 3.05) is 11.1 Å². The molecular formula is C12H16N6O. The molecule has 4 N–H and O–H groups in total. The van der Waals surface area contributed by atoms with Crippen LogP contribution in [-0.2, 0) is 13.1 Å². The smallest absolute Gasteiger partial charge is 0.319 e. The van der Waals surface area contributed by atoms with E-state index in [0.29, 0.717) is 23.7 Å². The Morgan fingerprint density at radius 1 is 1.47 bits per heavy atom. The number of aromatic nitrogens is 3. The van der Waals surface area contributed by atoms with Crippen LogP contribution in [0.1, 0.15) is 12.7 Å². The molecule has 100 valence electrons. The molecule has 2 amide bonds. The number of carbonyl (C=O) groups is 1. The zero-order chi connectivity index (χ0) is 13.7. The Balaban J connectivity index is 1.88. The van der Waals surface area contributed by atoms with Crippen molar-refractivity contribution in [2.24, 2.45) is 0 Å². The number of nitrogens with one attached hydrogen (secondary N) is 2. The first-order valence-electron chi connectivity index (χ1n) is 5.96. The van der Waals surface area contributed by atoms with Crippen molar-refractivity contribution >= 4 is 17.4 Å². The second kappa shape index (κ2) is 5.85. The number of hydrogen-bond donors (Lipinski definition) is 3. The molecule has 0 aliphatic heterocycles. The quantitative estimate of drug-likeness (QED) is 0.719. The Labute approximate surface area is 110 Å². The number of urea groups is 1. The van der Waals surface area contributed by atoms with Crippen LogP contribution in [0.5, 0.6) is 0 Å². The first-order chi connectivity index (χ1) is 9.19. The van der Waals surface area contributed by atoms with Gasteiger partial charge in [0.05, 0.1) is 6.54 Å². The van der Waals surface area contributed by atoms with Crippen LogP contribution in [0, 0.1) is 0 Å². The van der Waals surface area contributed by atoms with Gasteiger partial charge in [0.2, 0.25) is 0 Å². The molecule has 0 unspecified atom stereocenters. The van der Waals surface area contributed by atoms with Gasteiger partial charge in [-0.25, -0.2) is 4.79 Å². The second-order valence-corrected chi connectivity index (χ2v) is 3.97. The number of hydrogen-bond acceptors (Lipinski definition) is 4. The van der Waals surface area contributed by atoms with Crippen LogP contribution in [0.15, 0.2) is 30.6 Å². The summed E-state index contributed by atoms with van der Waals surface area (Å²) in [7, 11) is 0. The number of nitrogen functional groups attached to an aromatic ring is 1. The zero-order valence-electron chi connectivity index (χ0n) is 10.6. The molecule has 0 bridgehead atoms. The van der Waals surface area contributed by atoms with E-state index in [9.17, 15) is 4.79 Å². The van der Waals surface area contributed by atoms with E-state index in [1.165, 1.54) is 0 Å². The van der Waals surface area contributed by atoms with E-state index in [0.717, 1.165) is 6.54 Å². The lowest BCUT2D eigenvalue weighted by Crippen LogP contribution is -2.29. The number of nitrogens with zero attached hydrogens (tertiary/aromatic N) is 3. The number of rotatable bonds is 4. The van der Waals surface area contributed by atoms with E-state index in [4.69, 9.17) is 5.73 Å². The predicted octanol–water partition coefficient (Wildman–Crippen LogP) is 1.20. The molecule has 0 spiro atoms. The van der Waals surface area contributed by atoms with Crippen LogP contribution in [0.3, 0.4) is 0 Å². The standard InChI is InChI=1S/C12H16N6O/c1-2-18-8-15-17-11(18)7-14-12(19)16-10-5-3-4-9(13)6-10/h3-6,8H,2,7,13H2,1H3,(H2,14,16,19). The van der Waals surface area contributed by atoms with E-state index < -0.39 is 0 Å². The molecule has 2 aromatic rings. The number of benzene rings is 1. The maximum Gasteiger partial charge on any atom is 0.319 e. The third kappa shape index (κ3) is 3.44. The Hall–Kier alpha value is -2.57. The van der Waals surface area contributed by atoms with Crippen LogP contribution < -0.4 is 16.4 Å². The summed E-state index contributed by atoms with van der Waals surface area (Å²) in [4.78, 5) is 11.7. The minimum Gasteiger partial charge on any atom is -0.399 e. The SMILES string of the molecule is CCn1cnnc1CNC(=O)Nc1cccc(N)c1. The lowest BCUT2D eigenvalue weighted by Gasteiger charge is -2.08. The van der Waals surface area contributed by atoms with Crippen LogP contribution in [0.2, 0.25) is 0 Å². The number of nitrogens with two attached hydrogens (primary N) is 1. The normalized spacial score (nSPS) is 10.2. The fourth-order valence-electron chi connectivity index (χ4n) is 1.63. The highest BCUT2D eigenvalue weighted by Crippen LogP contribution is 2.11. The molecule has 19 heavy (non-hydrogen) atoms. The molecule has 1 aromatic heterocycles. The monoisotopic (exact) mass is 260 g/mol. The lowest BCUT2D eigenvalue weighted by atomic mass is 10.3. The van der Waals surface area contributed by atoms with E-state index in [1.807, 2.05) is 11.5 Å². The molecule has 0 saturated heterocycles. The largest absolute Gasteiger partial charge is 0.399 e. The van der Waals surface area contributed by atoms with Gasteiger partial charge in [0.25, 0.3) is 0 Å². The zero-order valence-corrected chi connectivity index (χ0v) is 10.6. The summed E-state index contributed by atoms with van der Waals surface area (Å²) in [5, 5.41) is 13.1. The number of carbonyl (C=O) groups excluding carboxylic acids is 1. The molecular weight excluding hydrogens is 244 g/mol. The summed E-state index contributed by atoms with van der Waals surface area (Å²) in [5.41, 5.74) is 6.88. The van der Waals surface area contributed by atoms with E-state index in [-0.39, 0.29) is 6.03 Å². The Kier molecular flexibility index (Phi) is 3.97. The highest BCUT2D eigenvalue weighted by Gasteiger charge is 2.05. The molecule has 0 radical (unpaired) electrons. The minimum atomic E-state index is -0.309. The van der Waals surface area contributed by atoms with Gasteiger partial charge in [-0.1, -0.05) is 6.07 Å². The first-order valence-corrected chi connectivity index (χ1v) is 5.96. The molecule has 0 atom stereocenters. The highest BCUT2D eigenvalue weighted by atomic mass is 16.2. The fourth-order valence-corrected chi connectivity index (χ4v) is 1.63. The van der Waals surface area contributed by atoms with Crippen molar-refractivity contribution in [3.8, 4) is 0 Å². The minimum absolute atomic E-state index is 0.309. The summed E-state index contributed by atoms with van der Waals surface area (Å²) in [6.45, 7) is 3.07. The molecule has 0 fully saturated rings. The summed E-state index contributed by atoms with van der Waals surface area (Å²) >= 11 is 0. The molecule has 7 nitrogen and oxygen atoms in total. The van der Waals surface area contributed by atoms with Gasteiger partial charge in [-0.15, -0.1) is 10.2 Å². The van der Waals surface area contributed by atoms with Crippen LogP contribution >= 0.6 is 0 Å². The molecule has 1 heterocycles. The van der Waals surface area contributed by atoms with Crippen LogP contribution in [0.4, 0.5) is 16.2 Å².